The summed E-state index contributed by atoms with van der Waals surface area (Å²) in [5.74, 6) is 13.2. The van der Waals surface area contributed by atoms with Gasteiger partial charge in [0, 0.05) is 26.4 Å². The van der Waals surface area contributed by atoms with E-state index >= 15 is 0 Å². The number of rotatable bonds is 0. The van der Waals surface area contributed by atoms with Crippen molar-refractivity contribution < 1.29 is 14.2 Å². The third-order valence-corrected chi connectivity index (χ3v) is 16.9. The molecule has 14 aliphatic carbocycles. The Balaban J connectivity index is 0.0000000844. The number of hydrogen-bond donors (Lipinski definition) is 0. The highest BCUT2D eigenvalue weighted by molar-refractivity contribution is 4.87. The zero-order chi connectivity index (χ0) is 33.5. The van der Waals surface area contributed by atoms with Gasteiger partial charge >= 0.3 is 0 Å². The Labute approximate surface area is 309 Å². The maximum Gasteiger partial charge on any atom is 0.0578 e. The first-order valence-electron chi connectivity index (χ1n) is 23.5. The van der Waals surface area contributed by atoms with Gasteiger partial charge in [-0.25, -0.2) is 0 Å². The molecule has 0 amide bonds. The summed E-state index contributed by atoms with van der Waals surface area (Å²) in [6.45, 7) is 4.22. The number of ether oxygens (including phenoxy) is 3. The first-order valence-corrected chi connectivity index (χ1v) is 23.5. The molecule has 19 aliphatic rings. The molecule has 19 rings (SSSR count). The van der Waals surface area contributed by atoms with E-state index in [1.807, 2.05) is 0 Å². The van der Waals surface area contributed by atoms with E-state index < -0.39 is 0 Å². The van der Waals surface area contributed by atoms with E-state index in [1.165, 1.54) is 99.7 Å². The molecule has 14 saturated carbocycles. The maximum atomic E-state index is 5.48. The van der Waals surface area contributed by atoms with Crippen LogP contribution in [0.5, 0.6) is 0 Å². The average molecular weight is 693 g/mol. The molecule has 0 aromatic heterocycles. The molecular weight excluding hydrogens is 613 g/mol. The molecule has 3 heteroatoms. The molecule has 2 atom stereocenters. The predicted octanol–water partition coefficient (Wildman–Crippen LogP) is 12.6. The van der Waals surface area contributed by atoms with Crippen LogP contribution in [0, 0.1) is 71.0 Å². The van der Waals surface area contributed by atoms with E-state index in [0.717, 1.165) is 61.9 Å². The van der Waals surface area contributed by atoms with Crippen LogP contribution in [-0.2, 0) is 14.2 Å². The third-order valence-electron chi connectivity index (χ3n) is 16.9. The van der Waals surface area contributed by atoms with Gasteiger partial charge in [-0.15, -0.1) is 0 Å². The summed E-state index contributed by atoms with van der Waals surface area (Å²) in [5, 5.41) is 0. The van der Waals surface area contributed by atoms with E-state index in [9.17, 15) is 0 Å². The van der Waals surface area contributed by atoms with Crippen LogP contribution in [0.15, 0.2) is 0 Å². The van der Waals surface area contributed by atoms with Crippen molar-refractivity contribution >= 4 is 0 Å². The minimum Gasteiger partial charge on any atom is -0.381 e. The lowest BCUT2D eigenvalue weighted by atomic mass is 9.65. The Morgan fingerprint density at radius 3 is 0.700 bits per heavy atom. The van der Waals surface area contributed by atoms with Crippen LogP contribution < -0.4 is 0 Å². The largest absolute Gasteiger partial charge is 0.381 e. The molecule has 5 aliphatic heterocycles. The molecule has 19 fully saturated rings. The lowest BCUT2D eigenvalue weighted by Gasteiger charge is -2.40. The van der Waals surface area contributed by atoms with Crippen LogP contribution >= 0.6 is 0 Å². The summed E-state index contributed by atoms with van der Waals surface area (Å²) in [6, 6.07) is 0. The van der Waals surface area contributed by atoms with Crippen LogP contribution in [0.2, 0.25) is 0 Å². The quantitative estimate of drug-likeness (QED) is 0.253. The van der Waals surface area contributed by atoms with Gasteiger partial charge in [0.05, 0.1) is 12.2 Å². The SMILES string of the molecule is C1CC2CC(C1)C2.C1CC2CC1C2.C1CC2CC1CO2.C1CC2CCC1C2.C1CC2CCC1CC2.C1CC2CCC1CO2.C1OCC2CC1C2. The maximum absolute atomic E-state index is 5.48. The van der Waals surface area contributed by atoms with Crippen molar-refractivity contribution in [1.29, 1.82) is 0 Å². The molecule has 0 spiro atoms. The van der Waals surface area contributed by atoms with Crippen molar-refractivity contribution in [2.75, 3.05) is 26.4 Å². The third kappa shape index (κ3) is 10.8. The fourth-order valence-corrected chi connectivity index (χ4v) is 13.2. The molecule has 2 unspecified atom stereocenters. The standard InChI is InChI=1S/C8H14.C7H12O.2C7H12.2C6H10O.C6H10/c1-2-8-5-3-7(1)4-6-8;1-3-7-4-2-6(1)5-8-7;1-2-7-4-3-6(1)5-7;1-2-6-4-7(3-1)5-6;1-5-2-6(1)4-7-3-5;1-2-6-3-5(1)4-7-6;1-2-6-3-5(1)4-6/h7-8H,1-6H2;6-7H,1-5H2;2*6-7H,1-5H2;2*5-6H,1-4H2;5-6H,1-4H2. The van der Waals surface area contributed by atoms with Crippen LogP contribution in [0.1, 0.15) is 186 Å². The van der Waals surface area contributed by atoms with Gasteiger partial charge in [0.15, 0.2) is 0 Å². The second-order valence-corrected chi connectivity index (χ2v) is 20.9. The van der Waals surface area contributed by atoms with Crippen LogP contribution in [0.25, 0.3) is 0 Å². The molecule has 5 saturated heterocycles. The molecule has 0 aromatic carbocycles. The molecule has 0 radical (unpaired) electrons. The van der Waals surface area contributed by atoms with Gasteiger partial charge in [-0.3, -0.25) is 0 Å². The summed E-state index contributed by atoms with van der Waals surface area (Å²) >= 11 is 0. The van der Waals surface area contributed by atoms with Crippen LogP contribution in [-0.4, -0.2) is 38.6 Å². The minimum atomic E-state index is 0.653. The van der Waals surface area contributed by atoms with Gasteiger partial charge in [0.1, 0.15) is 0 Å². The van der Waals surface area contributed by atoms with Gasteiger partial charge in [-0.1, -0.05) is 96.3 Å². The summed E-state index contributed by atoms with van der Waals surface area (Å²) in [5.41, 5.74) is 0. The van der Waals surface area contributed by atoms with E-state index in [1.54, 1.807) is 122 Å². The highest BCUT2D eigenvalue weighted by Crippen LogP contribution is 2.48. The topological polar surface area (TPSA) is 27.7 Å². The number of fused-ring (bicyclic) bond motifs is 15. The van der Waals surface area contributed by atoms with Gasteiger partial charge in [0.25, 0.3) is 0 Å². The van der Waals surface area contributed by atoms with E-state index in [-0.39, 0.29) is 0 Å². The first-order chi connectivity index (χ1) is 24.6. The van der Waals surface area contributed by atoms with Gasteiger partial charge in [-0.05, 0) is 161 Å². The fraction of sp³-hybridized carbons (Fsp3) is 1.00. The Kier molecular flexibility index (Phi) is 13.6. The lowest BCUT2D eigenvalue weighted by Crippen LogP contribution is -2.37. The normalized spacial score (nSPS) is 47.5. The van der Waals surface area contributed by atoms with Crippen LogP contribution in [0.3, 0.4) is 0 Å². The Morgan fingerprint density at radius 2 is 0.580 bits per heavy atom. The monoisotopic (exact) mass is 693 g/mol. The van der Waals surface area contributed by atoms with E-state index in [0.29, 0.717) is 12.2 Å². The summed E-state index contributed by atoms with van der Waals surface area (Å²) in [7, 11) is 0. The first kappa shape index (κ1) is 36.8. The zero-order valence-electron chi connectivity index (χ0n) is 32.6. The molecule has 14 bridgehead atoms. The van der Waals surface area contributed by atoms with Gasteiger partial charge < -0.3 is 14.2 Å². The van der Waals surface area contributed by atoms with Gasteiger partial charge in [0.2, 0.25) is 0 Å². The van der Waals surface area contributed by atoms with Crippen molar-refractivity contribution in [3.8, 4) is 0 Å². The molecule has 5 heterocycles. The van der Waals surface area contributed by atoms with Crippen molar-refractivity contribution in [3.05, 3.63) is 0 Å². The lowest BCUT2D eigenvalue weighted by molar-refractivity contribution is -0.0615. The summed E-state index contributed by atoms with van der Waals surface area (Å²) in [6.07, 6.45) is 45.2. The average Bonchev–Trinajstić information content (AvgIpc) is 4.05. The zero-order valence-corrected chi connectivity index (χ0v) is 32.6. The van der Waals surface area contributed by atoms with Crippen molar-refractivity contribution in [1.82, 2.24) is 0 Å². The Hall–Kier alpha value is -0.120. The second kappa shape index (κ2) is 18.5. The molecular formula is C47H80O3. The summed E-state index contributed by atoms with van der Waals surface area (Å²) in [4.78, 5) is 0. The molecule has 286 valence electrons. The van der Waals surface area contributed by atoms with Crippen molar-refractivity contribution in [2.45, 2.75) is 198 Å². The fourth-order valence-electron chi connectivity index (χ4n) is 13.2. The molecule has 0 aromatic rings. The van der Waals surface area contributed by atoms with E-state index in [2.05, 4.69) is 0 Å². The van der Waals surface area contributed by atoms with E-state index in [4.69, 9.17) is 14.2 Å². The predicted molar refractivity (Wildman–Crippen MR) is 206 cm³/mol. The molecule has 0 N–H and O–H groups in total. The second-order valence-electron chi connectivity index (χ2n) is 20.9. The Bertz CT molecular complexity index is 772. The Morgan fingerprint density at radius 1 is 0.220 bits per heavy atom. The van der Waals surface area contributed by atoms with Crippen LogP contribution in [0.4, 0.5) is 0 Å². The minimum absolute atomic E-state index is 0.653. The van der Waals surface area contributed by atoms with Crippen molar-refractivity contribution in [3.63, 3.8) is 0 Å². The molecule has 50 heavy (non-hydrogen) atoms. The highest BCUT2D eigenvalue weighted by atomic mass is 16.5. The summed E-state index contributed by atoms with van der Waals surface area (Å²) < 4.78 is 16.1. The molecule has 3 nitrogen and oxygen atoms in total. The smallest absolute Gasteiger partial charge is 0.0578 e. The highest BCUT2D eigenvalue weighted by Gasteiger charge is 2.36. The van der Waals surface area contributed by atoms with Crippen molar-refractivity contribution in [2.24, 2.45) is 71.0 Å². The number of hydrogen-bond acceptors (Lipinski definition) is 3. The van der Waals surface area contributed by atoms with Gasteiger partial charge in [-0.2, -0.15) is 0 Å².